The number of anilines is 1. The lowest BCUT2D eigenvalue weighted by Crippen LogP contribution is -2.31. The summed E-state index contributed by atoms with van der Waals surface area (Å²) in [7, 11) is 1.22. The van der Waals surface area contributed by atoms with Crippen LogP contribution in [-0.2, 0) is 14.3 Å². The minimum Gasteiger partial charge on any atom is -0.466 e. The van der Waals surface area contributed by atoms with Gasteiger partial charge in [0.25, 0.3) is 5.91 Å². The molecule has 118 valence electrons. The number of benzene rings is 1. The van der Waals surface area contributed by atoms with Crippen molar-refractivity contribution in [3.8, 4) is 0 Å². The number of rotatable bonds is 5. The summed E-state index contributed by atoms with van der Waals surface area (Å²) in [5.41, 5.74) is 0.946. The number of amides is 1. The molecule has 7 heteroatoms. The molecule has 0 spiro atoms. The minimum absolute atomic E-state index is 0.0444. The minimum atomic E-state index is -0.634. The highest BCUT2D eigenvalue weighted by atomic mass is 19.1. The van der Waals surface area contributed by atoms with Crippen LogP contribution in [0.2, 0.25) is 0 Å². The van der Waals surface area contributed by atoms with Crippen molar-refractivity contribution in [1.82, 2.24) is 4.90 Å². The molecule has 2 rings (SSSR count). The van der Waals surface area contributed by atoms with Gasteiger partial charge in [0.05, 0.1) is 25.8 Å². The normalized spacial score (nSPS) is 14.5. The second kappa shape index (κ2) is 6.57. The first-order chi connectivity index (χ1) is 10.5. The van der Waals surface area contributed by atoms with Crippen molar-refractivity contribution in [2.45, 2.75) is 6.92 Å². The average molecular weight is 308 g/mol. The molecule has 0 saturated carbocycles. The zero-order chi connectivity index (χ0) is 16.3. The van der Waals surface area contributed by atoms with E-state index in [4.69, 9.17) is 5.11 Å². The smallest absolute Gasteiger partial charge is 0.337 e. The fourth-order valence-corrected chi connectivity index (χ4v) is 2.23. The number of carbonyl (C=O) groups is 2. The number of hydrogen-bond acceptors (Lipinski definition) is 5. The molecule has 1 aromatic rings. The summed E-state index contributed by atoms with van der Waals surface area (Å²) in [5.74, 6) is -1.48. The van der Waals surface area contributed by atoms with Crippen molar-refractivity contribution in [1.29, 1.82) is 0 Å². The number of aliphatic hydroxyl groups is 1. The lowest BCUT2D eigenvalue weighted by molar-refractivity contribution is -0.136. The van der Waals surface area contributed by atoms with Gasteiger partial charge in [-0.2, -0.15) is 0 Å². The van der Waals surface area contributed by atoms with Crippen molar-refractivity contribution in [2.75, 3.05) is 32.1 Å². The van der Waals surface area contributed by atoms with Crippen LogP contribution in [0, 0.1) is 12.7 Å². The maximum Gasteiger partial charge on any atom is 0.337 e. The zero-order valence-electron chi connectivity index (χ0n) is 12.4. The van der Waals surface area contributed by atoms with Gasteiger partial charge < -0.3 is 20.1 Å². The van der Waals surface area contributed by atoms with E-state index in [1.165, 1.54) is 24.1 Å². The first kappa shape index (κ1) is 16.0. The quantitative estimate of drug-likeness (QED) is 0.787. The molecule has 0 fully saturated rings. The van der Waals surface area contributed by atoms with Gasteiger partial charge in [0, 0.05) is 17.8 Å². The lowest BCUT2D eigenvalue weighted by Gasteiger charge is -2.15. The summed E-state index contributed by atoms with van der Waals surface area (Å²) < 4.78 is 18.3. The molecule has 0 bridgehead atoms. The number of esters is 1. The van der Waals surface area contributed by atoms with Gasteiger partial charge >= 0.3 is 5.97 Å². The number of β-amino-alcohol motifs (C(OH)–C–C–N with tert-alkyl or cyclic N) is 1. The summed E-state index contributed by atoms with van der Waals surface area (Å²) in [6.07, 6.45) is 0. The molecule has 1 aromatic carbocycles. The predicted molar refractivity (Wildman–Crippen MR) is 77.5 cm³/mol. The van der Waals surface area contributed by atoms with Crippen LogP contribution in [0.3, 0.4) is 0 Å². The molecule has 1 amide bonds. The van der Waals surface area contributed by atoms with E-state index in [1.54, 1.807) is 13.0 Å². The Kier molecular flexibility index (Phi) is 4.77. The Bertz CT molecular complexity index is 642. The Hall–Kier alpha value is -2.41. The van der Waals surface area contributed by atoms with Crippen LogP contribution in [0.1, 0.15) is 5.56 Å². The highest BCUT2D eigenvalue weighted by Crippen LogP contribution is 2.25. The van der Waals surface area contributed by atoms with Crippen LogP contribution in [0.25, 0.3) is 0 Å². The van der Waals surface area contributed by atoms with E-state index in [9.17, 15) is 14.0 Å². The van der Waals surface area contributed by atoms with Gasteiger partial charge in [-0.1, -0.05) is 6.07 Å². The summed E-state index contributed by atoms with van der Waals surface area (Å²) >= 11 is 0. The summed E-state index contributed by atoms with van der Waals surface area (Å²) in [6.45, 7) is 1.50. The predicted octanol–water partition coefficient (Wildman–Crippen LogP) is 0.808. The number of nitrogens with zero attached hydrogens (tertiary/aromatic N) is 1. The Balaban J connectivity index is 2.37. The highest BCUT2D eigenvalue weighted by molar-refractivity contribution is 6.08. The zero-order valence-corrected chi connectivity index (χ0v) is 12.4. The van der Waals surface area contributed by atoms with Gasteiger partial charge in [0.2, 0.25) is 0 Å². The third kappa shape index (κ3) is 2.94. The van der Waals surface area contributed by atoms with E-state index in [1.807, 2.05) is 0 Å². The lowest BCUT2D eigenvalue weighted by atomic mass is 10.1. The van der Waals surface area contributed by atoms with E-state index in [-0.39, 0.29) is 31.0 Å². The molecule has 0 saturated heterocycles. The van der Waals surface area contributed by atoms with Gasteiger partial charge in [-0.15, -0.1) is 0 Å². The molecule has 0 unspecified atom stereocenters. The molecule has 0 atom stereocenters. The van der Waals surface area contributed by atoms with Gasteiger partial charge in [-0.3, -0.25) is 4.79 Å². The van der Waals surface area contributed by atoms with Crippen molar-refractivity contribution in [3.63, 3.8) is 0 Å². The monoisotopic (exact) mass is 308 g/mol. The SMILES string of the molecule is COC(=O)C1=C(Nc2cccc(F)c2C)C(=O)N(CCO)C1. The fourth-order valence-electron chi connectivity index (χ4n) is 2.23. The third-order valence-electron chi connectivity index (χ3n) is 3.48. The van der Waals surface area contributed by atoms with E-state index in [0.717, 1.165) is 0 Å². The molecular weight excluding hydrogens is 291 g/mol. The molecule has 22 heavy (non-hydrogen) atoms. The first-order valence-corrected chi connectivity index (χ1v) is 6.73. The van der Waals surface area contributed by atoms with Crippen LogP contribution in [-0.4, -0.2) is 48.7 Å². The molecule has 1 aliphatic heterocycles. The molecule has 6 nitrogen and oxygen atoms in total. The molecule has 2 N–H and O–H groups in total. The standard InChI is InChI=1S/C15H17FN2O4/c1-9-11(16)4-3-5-12(9)17-13-10(15(21)22-2)8-18(6-7-19)14(13)20/h3-5,17,19H,6-8H2,1-2H3. The van der Waals surface area contributed by atoms with Crippen LogP contribution in [0.15, 0.2) is 29.5 Å². The topological polar surface area (TPSA) is 78.9 Å². The molecule has 0 radical (unpaired) electrons. The highest BCUT2D eigenvalue weighted by Gasteiger charge is 2.34. The number of hydrogen-bond donors (Lipinski definition) is 2. The van der Waals surface area contributed by atoms with Gasteiger partial charge in [0.15, 0.2) is 0 Å². The maximum absolute atomic E-state index is 13.6. The van der Waals surface area contributed by atoms with E-state index in [0.29, 0.717) is 11.3 Å². The van der Waals surface area contributed by atoms with Crippen LogP contribution >= 0.6 is 0 Å². The van der Waals surface area contributed by atoms with E-state index >= 15 is 0 Å². The number of ether oxygens (including phenoxy) is 1. The number of aliphatic hydroxyl groups excluding tert-OH is 1. The van der Waals surface area contributed by atoms with Crippen molar-refractivity contribution in [2.24, 2.45) is 0 Å². The van der Waals surface area contributed by atoms with E-state index in [2.05, 4.69) is 10.1 Å². The number of carbonyl (C=O) groups excluding carboxylic acids is 2. The van der Waals surface area contributed by atoms with Crippen LogP contribution in [0.4, 0.5) is 10.1 Å². The molecule has 0 aromatic heterocycles. The van der Waals surface area contributed by atoms with Gasteiger partial charge in [-0.05, 0) is 19.1 Å². The van der Waals surface area contributed by atoms with E-state index < -0.39 is 17.7 Å². The molecular formula is C15H17FN2O4. The number of methoxy groups -OCH3 is 1. The molecule has 1 heterocycles. The average Bonchev–Trinajstić information content (AvgIpc) is 2.81. The molecule has 0 aliphatic carbocycles. The third-order valence-corrected chi connectivity index (χ3v) is 3.48. The van der Waals surface area contributed by atoms with Crippen molar-refractivity contribution >= 4 is 17.6 Å². The van der Waals surface area contributed by atoms with Crippen LogP contribution in [0.5, 0.6) is 0 Å². The Labute approximate surface area is 127 Å². The fraction of sp³-hybridized carbons (Fsp3) is 0.333. The summed E-state index contributed by atoms with van der Waals surface area (Å²) in [5, 5.41) is 11.8. The maximum atomic E-state index is 13.6. The van der Waals surface area contributed by atoms with Crippen LogP contribution < -0.4 is 5.32 Å². The first-order valence-electron chi connectivity index (χ1n) is 6.73. The second-order valence-electron chi connectivity index (χ2n) is 4.83. The van der Waals surface area contributed by atoms with Crippen molar-refractivity contribution < 1.29 is 23.8 Å². The largest absolute Gasteiger partial charge is 0.466 e. The summed E-state index contributed by atoms with van der Waals surface area (Å²) in [6, 6.07) is 4.43. The summed E-state index contributed by atoms with van der Waals surface area (Å²) in [4.78, 5) is 25.5. The second-order valence-corrected chi connectivity index (χ2v) is 4.83. The number of halogens is 1. The van der Waals surface area contributed by atoms with Crippen molar-refractivity contribution in [3.05, 3.63) is 40.8 Å². The molecule has 1 aliphatic rings. The Morgan fingerprint density at radius 3 is 2.86 bits per heavy atom. The Morgan fingerprint density at radius 1 is 1.50 bits per heavy atom. The Morgan fingerprint density at radius 2 is 2.23 bits per heavy atom. The number of nitrogens with one attached hydrogen (secondary N) is 1. The van der Waals surface area contributed by atoms with Gasteiger partial charge in [0.1, 0.15) is 11.5 Å². The van der Waals surface area contributed by atoms with Gasteiger partial charge in [-0.25, -0.2) is 9.18 Å².